The third kappa shape index (κ3) is 3.25. The van der Waals surface area contributed by atoms with Gasteiger partial charge in [0.2, 0.25) is 0 Å². The van der Waals surface area contributed by atoms with Gasteiger partial charge in [-0.3, -0.25) is 7.05 Å². The topological polar surface area (TPSA) is 32.7 Å². The van der Waals surface area contributed by atoms with Crippen molar-refractivity contribution in [3.05, 3.63) is 42.7 Å². The Hall–Kier alpha value is -0.970. The van der Waals surface area contributed by atoms with Crippen molar-refractivity contribution in [2.45, 2.75) is 12.0 Å². The predicted octanol–water partition coefficient (Wildman–Crippen LogP) is 1.22. The van der Waals surface area contributed by atoms with Crippen LogP contribution in [0.3, 0.4) is 0 Å². The van der Waals surface area contributed by atoms with E-state index in [4.69, 9.17) is 4.74 Å². The number of ether oxygens (including phenoxy) is 1. The fourth-order valence-corrected chi connectivity index (χ4v) is 2.10. The first kappa shape index (κ1) is 12.5. The molecule has 1 aromatic carbocycles. The fraction of sp³-hybridized carbons (Fsp3) is 0.462. The summed E-state index contributed by atoms with van der Waals surface area (Å²) in [6.45, 7) is 1.83. The zero-order valence-electron chi connectivity index (χ0n) is 9.73. The Morgan fingerprint density at radius 1 is 1.47 bits per heavy atom. The lowest BCUT2D eigenvalue weighted by atomic mass is 9.94. The molecule has 3 nitrogen and oxygen atoms in total. The lowest BCUT2D eigenvalue weighted by Gasteiger charge is -2.32. The minimum atomic E-state index is -1.07. The van der Waals surface area contributed by atoms with Gasteiger partial charge in [0.15, 0.2) is 0 Å². The largest absolute Gasteiger partial charge is 0.455 e. The first-order chi connectivity index (χ1) is 8.09. The number of aliphatic hydroxyl groups is 1. The zero-order valence-corrected chi connectivity index (χ0v) is 9.73. The van der Waals surface area contributed by atoms with Crippen LogP contribution in [0.5, 0.6) is 0 Å². The van der Waals surface area contributed by atoms with Gasteiger partial charge in [-0.05, 0) is 18.2 Å². The molecule has 0 spiro atoms. The Labute approximate surface area is 101 Å². The summed E-state index contributed by atoms with van der Waals surface area (Å²) in [7, 11) is 3.82. The Morgan fingerprint density at radius 3 is 3.00 bits per heavy atom. The second-order valence-electron chi connectivity index (χ2n) is 4.60. The number of hydrogen-bond donors (Lipinski definition) is 1. The molecular formula is C13H17FNO2-. The summed E-state index contributed by atoms with van der Waals surface area (Å²) < 4.78 is 18.9. The van der Waals surface area contributed by atoms with Gasteiger partial charge < -0.3 is 14.7 Å². The highest BCUT2D eigenvalue weighted by molar-refractivity contribution is 5.19. The van der Waals surface area contributed by atoms with Gasteiger partial charge in [0.25, 0.3) is 0 Å². The van der Waals surface area contributed by atoms with Crippen LogP contribution in [0.25, 0.3) is 0 Å². The summed E-state index contributed by atoms with van der Waals surface area (Å²) >= 11 is 0. The highest BCUT2D eigenvalue weighted by Gasteiger charge is 2.30. The van der Waals surface area contributed by atoms with Crippen molar-refractivity contribution in [2.75, 3.05) is 26.3 Å². The third-order valence-electron chi connectivity index (χ3n) is 2.92. The molecule has 1 aliphatic heterocycles. The normalized spacial score (nSPS) is 26.8. The number of halogens is 1. The van der Waals surface area contributed by atoms with Crippen LogP contribution in [-0.2, 0) is 11.2 Å². The summed E-state index contributed by atoms with van der Waals surface area (Å²) in [6.07, 6.45) is 0.242. The molecule has 1 atom stereocenters. The number of benzene rings is 1. The van der Waals surface area contributed by atoms with Crippen LogP contribution in [0.2, 0.25) is 0 Å². The van der Waals surface area contributed by atoms with E-state index in [0.717, 1.165) is 0 Å². The Morgan fingerprint density at radius 2 is 2.24 bits per heavy atom. The smallest absolute Gasteiger partial charge is 0.126 e. The molecular weight excluding hydrogens is 221 g/mol. The van der Waals surface area contributed by atoms with Crippen LogP contribution < -0.4 is 0 Å². The van der Waals surface area contributed by atoms with Gasteiger partial charge in [-0.2, -0.15) is 0 Å². The van der Waals surface area contributed by atoms with E-state index in [1.165, 1.54) is 6.07 Å². The SMILES string of the molecule is [CH2-]N1CCOCC(O)(Cc2ccccc2F)C1. The van der Waals surface area contributed by atoms with Gasteiger partial charge in [0.1, 0.15) is 11.4 Å². The molecule has 1 N–H and O–H groups in total. The zero-order chi connectivity index (χ0) is 12.3. The minimum Gasteiger partial charge on any atom is -0.455 e. The van der Waals surface area contributed by atoms with Gasteiger partial charge in [-0.25, -0.2) is 4.39 Å². The van der Waals surface area contributed by atoms with Gasteiger partial charge in [0.05, 0.1) is 13.2 Å². The first-order valence-corrected chi connectivity index (χ1v) is 5.68. The van der Waals surface area contributed by atoms with Crippen molar-refractivity contribution in [3.8, 4) is 0 Å². The Kier molecular flexibility index (Phi) is 3.76. The lowest BCUT2D eigenvalue weighted by Crippen LogP contribution is -2.44. The average molecular weight is 238 g/mol. The van der Waals surface area contributed by atoms with Crippen molar-refractivity contribution in [1.29, 1.82) is 0 Å². The average Bonchev–Trinajstić information content (AvgIpc) is 2.43. The van der Waals surface area contributed by atoms with Crippen molar-refractivity contribution in [1.82, 2.24) is 4.90 Å². The van der Waals surface area contributed by atoms with E-state index < -0.39 is 5.60 Å². The van der Waals surface area contributed by atoms with E-state index >= 15 is 0 Å². The molecule has 0 saturated carbocycles. The first-order valence-electron chi connectivity index (χ1n) is 5.68. The van der Waals surface area contributed by atoms with E-state index in [1.54, 1.807) is 23.1 Å². The number of β-amino-alcohol motifs (C(OH)–C–C–N with tert-alkyl or cyclic N) is 1. The Balaban J connectivity index is 2.13. The summed E-state index contributed by atoms with van der Waals surface area (Å²) in [4.78, 5) is 1.76. The predicted molar refractivity (Wildman–Crippen MR) is 62.8 cm³/mol. The molecule has 0 aromatic heterocycles. The molecule has 0 amide bonds. The third-order valence-corrected chi connectivity index (χ3v) is 2.92. The minimum absolute atomic E-state index is 0.216. The van der Waals surface area contributed by atoms with E-state index in [2.05, 4.69) is 7.05 Å². The summed E-state index contributed by atoms with van der Waals surface area (Å²) in [5, 5.41) is 10.4. The van der Waals surface area contributed by atoms with Crippen LogP contribution >= 0.6 is 0 Å². The molecule has 17 heavy (non-hydrogen) atoms. The second-order valence-corrected chi connectivity index (χ2v) is 4.60. The summed E-state index contributed by atoms with van der Waals surface area (Å²) in [6, 6.07) is 6.49. The van der Waals surface area contributed by atoms with Crippen LogP contribution in [0.1, 0.15) is 5.56 Å². The molecule has 1 aliphatic rings. The van der Waals surface area contributed by atoms with E-state index in [0.29, 0.717) is 25.3 Å². The molecule has 1 aromatic rings. The molecule has 1 saturated heterocycles. The Bertz CT molecular complexity index is 385. The molecule has 2 rings (SSSR count). The maximum Gasteiger partial charge on any atom is 0.126 e. The molecule has 1 fully saturated rings. The van der Waals surface area contributed by atoms with Crippen molar-refractivity contribution in [2.24, 2.45) is 0 Å². The molecule has 0 aliphatic carbocycles. The molecule has 1 unspecified atom stereocenters. The maximum atomic E-state index is 13.5. The number of rotatable bonds is 2. The number of hydrogen-bond acceptors (Lipinski definition) is 3. The van der Waals surface area contributed by atoms with Crippen LogP contribution in [0, 0.1) is 12.9 Å². The van der Waals surface area contributed by atoms with Gasteiger partial charge in [0, 0.05) is 13.0 Å². The van der Waals surface area contributed by atoms with Gasteiger partial charge in [-0.15, -0.1) is 0 Å². The standard InChI is InChI=1S/C13H17FNO2/c1-15-6-7-17-10-13(16,9-15)8-11-4-2-3-5-12(11)14/h2-5,16H,1,6-10H2/q-1. The quantitative estimate of drug-likeness (QED) is 0.786. The summed E-state index contributed by atoms with van der Waals surface area (Å²) in [5.74, 6) is -0.291. The van der Waals surface area contributed by atoms with Crippen molar-refractivity contribution < 1.29 is 14.2 Å². The lowest BCUT2D eigenvalue weighted by molar-refractivity contribution is -0.0335. The van der Waals surface area contributed by atoms with Crippen molar-refractivity contribution in [3.63, 3.8) is 0 Å². The van der Waals surface area contributed by atoms with Crippen LogP contribution in [0.15, 0.2) is 24.3 Å². The molecule has 4 heteroatoms. The summed E-state index contributed by atoms with van der Waals surface area (Å²) in [5.41, 5.74) is -0.561. The molecule has 1 heterocycles. The highest BCUT2D eigenvalue weighted by atomic mass is 19.1. The number of nitrogens with zero attached hydrogens (tertiary/aromatic N) is 1. The maximum absolute atomic E-state index is 13.5. The molecule has 0 bridgehead atoms. The van der Waals surface area contributed by atoms with E-state index in [-0.39, 0.29) is 18.8 Å². The van der Waals surface area contributed by atoms with Gasteiger partial charge in [-0.1, -0.05) is 18.2 Å². The van der Waals surface area contributed by atoms with E-state index in [1.807, 2.05) is 0 Å². The van der Waals surface area contributed by atoms with Gasteiger partial charge >= 0.3 is 0 Å². The highest BCUT2D eigenvalue weighted by Crippen LogP contribution is 2.19. The monoisotopic (exact) mass is 238 g/mol. The second kappa shape index (κ2) is 5.12. The van der Waals surface area contributed by atoms with E-state index in [9.17, 15) is 9.50 Å². The van der Waals surface area contributed by atoms with Crippen LogP contribution in [0.4, 0.5) is 4.39 Å². The molecule has 94 valence electrons. The fourth-order valence-electron chi connectivity index (χ4n) is 2.10. The van der Waals surface area contributed by atoms with Crippen molar-refractivity contribution >= 4 is 0 Å². The van der Waals surface area contributed by atoms with Crippen LogP contribution in [-0.4, -0.2) is 41.9 Å². The molecule has 0 radical (unpaired) electrons.